The van der Waals surface area contributed by atoms with Crippen molar-refractivity contribution in [3.63, 3.8) is 0 Å². The standard InChI is InChI=1S/C13H16O/c1-4-5-11-6-8-12(9-7-11)10-13(2,3)14/h6-9,14H,10H2,1-3H3. The van der Waals surface area contributed by atoms with Crippen LogP contribution in [-0.4, -0.2) is 10.7 Å². The molecule has 14 heavy (non-hydrogen) atoms. The van der Waals surface area contributed by atoms with Gasteiger partial charge >= 0.3 is 0 Å². The third-order valence-corrected chi connectivity index (χ3v) is 1.86. The molecule has 0 aromatic heterocycles. The highest BCUT2D eigenvalue weighted by Crippen LogP contribution is 2.12. The van der Waals surface area contributed by atoms with E-state index in [4.69, 9.17) is 0 Å². The first kappa shape index (κ1) is 10.8. The van der Waals surface area contributed by atoms with Crippen molar-refractivity contribution in [3.8, 4) is 11.8 Å². The lowest BCUT2D eigenvalue weighted by molar-refractivity contribution is 0.0810. The molecule has 0 aliphatic heterocycles. The Labute approximate surface area is 85.8 Å². The Bertz CT molecular complexity index is 344. The van der Waals surface area contributed by atoms with E-state index in [1.54, 1.807) is 0 Å². The Morgan fingerprint density at radius 1 is 1.21 bits per heavy atom. The monoisotopic (exact) mass is 188 g/mol. The highest BCUT2D eigenvalue weighted by atomic mass is 16.3. The molecule has 1 aromatic rings. The molecule has 0 aliphatic rings. The molecule has 0 atom stereocenters. The van der Waals surface area contributed by atoms with Crippen LogP contribution in [0.15, 0.2) is 24.3 Å². The second-order valence-corrected chi connectivity index (χ2v) is 4.06. The maximum absolute atomic E-state index is 9.62. The zero-order chi connectivity index (χ0) is 10.6. The summed E-state index contributed by atoms with van der Waals surface area (Å²) in [4.78, 5) is 0. The largest absolute Gasteiger partial charge is 0.390 e. The van der Waals surface area contributed by atoms with E-state index in [0.717, 1.165) is 11.1 Å². The van der Waals surface area contributed by atoms with Crippen LogP contribution in [0.3, 0.4) is 0 Å². The number of benzene rings is 1. The molecule has 0 heterocycles. The lowest BCUT2D eigenvalue weighted by Crippen LogP contribution is -2.21. The molecule has 1 rings (SSSR count). The Morgan fingerprint density at radius 3 is 2.21 bits per heavy atom. The lowest BCUT2D eigenvalue weighted by Gasteiger charge is -2.16. The second kappa shape index (κ2) is 4.30. The predicted octanol–water partition coefficient (Wildman–Crippen LogP) is 2.37. The molecule has 1 aromatic carbocycles. The van der Waals surface area contributed by atoms with E-state index >= 15 is 0 Å². The van der Waals surface area contributed by atoms with Gasteiger partial charge in [-0.25, -0.2) is 0 Å². The molecule has 0 bridgehead atoms. The molecular weight excluding hydrogens is 172 g/mol. The van der Waals surface area contributed by atoms with Crippen molar-refractivity contribution in [1.29, 1.82) is 0 Å². The molecule has 1 nitrogen and oxygen atoms in total. The third-order valence-electron chi connectivity index (χ3n) is 1.86. The van der Waals surface area contributed by atoms with Crippen molar-refractivity contribution in [3.05, 3.63) is 35.4 Å². The van der Waals surface area contributed by atoms with Crippen molar-refractivity contribution < 1.29 is 5.11 Å². The number of hydrogen-bond acceptors (Lipinski definition) is 1. The van der Waals surface area contributed by atoms with Crippen molar-refractivity contribution in [2.75, 3.05) is 0 Å². The number of hydrogen-bond donors (Lipinski definition) is 1. The molecule has 74 valence electrons. The Morgan fingerprint density at radius 2 is 1.79 bits per heavy atom. The topological polar surface area (TPSA) is 20.2 Å². The summed E-state index contributed by atoms with van der Waals surface area (Å²) in [5.74, 6) is 5.84. The number of rotatable bonds is 2. The van der Waals surface area contributed by atoms with Crippen LogP contribution in [0.25, 0.3) is 0 Å². The smallest absolute Gasteiger partial charge is 0.0631 e. The van der Waals surface area contributed by atoms with Crippen LogP contribution in [0.5, 0.6) is 0 Å². The van der Waals surface area contributed by atoms with Gasteiger partial charge in [0.1, 0.15) is 0 Å². The van der Waals surface area contributed by atoms with Gasteiger partial charge in [0.2, 0.25) is 0 Å². The summed E-state index contributed by atoms with van der Waals surface area (Å²) in [6.07, 6.45) is 0.673. The van der Waals surface area contributed by atoms with Crippen molar-refractivity contribution >= 4 is 0 Å². The summed E-state index contributed by atoms with van der Waals surface area (Å²) in [6, 6.07) is 7.99. The molecule has 0 radical (unpaired) electrons. The minimum absolute atomic E-state index is 0.641. The van der Waals surface area contributed by atoms with Gasteiger partial charge in [0.25, 0.3) is 0 Å². The summed E-state index contributed by atoms with van der Waals surface area (Å²) in [5.41, 5.74) is 1.52. The summed E-state index contributed by atoms with van der Waals surface area (Å²) >= 11 is 0. The van der Waals surface area contributed by atoms with E-state index in [1.165, 1.54) is 0 Å². The number of aliphatic hydroxyl groups is 1. The van der Waals surface area contributed by atoms with Crippen LogP contribution in [0.1, 0.15) is 31.9 Å². The van der Waals surface area contributed by atoms with Crippen LogP contribution < -0.4 is 0 Å². The molecule has 1 N–H and O–H groups in total. The maximum atomic E-state index is 9.62. The molecule has 0 aliphatic carbocycles. The Hall–Kier alpha value is -1.26. The van der Waals surface area contributed by atoms with Crippen LogP contribution >= 0.6 is 0 Å². The first-order valence-corrected chi connectivity index (χ1v) is 4.75. The van der Waals surface area contributed by atoms with E-state index in [9.17, 15) is 5.11 Å². The lowest BCUT2D eigenvalue weighted by atomic mass is 9.98. The first-order chi connectivity index (χ1) is 6.51. The summed E-state index contributed by atoms with van der Waals surface area (Å²) in [5, 5.41) is 9.62. The zero-order valence-corrected chi connectivity index (χ0v) is 8.96. The van der Waals surface area contributed by atoms with E-state index in [2.05, 4.69) is 11.8 Å². The predicted molar refractivity (Wildman–Crippen MR) is 59.0 cm³/mol. The summed E-state index contributed by atoms with van der Waals surface area (Å²) in [7, 11) is 0. The van der Waals surface area contributed by atoms with Gasteiger partial charge in [-0.15, -0.1) is 5.92 Å². The normalized spacial score (nSPS) is 10.6. The van der Waals surface area contributed by atoms with Crippen LogP contribution in [0.4, 0.5) is 0 Å². The zero-order valence-electron chi connectivity index (χ0n) is 8.96. The van der Waals surface area contributed by atoms with Crippen molar-refractivity contribution in [2.45, 2.75) is 32.8 Å². The van der Waals surface area contributed by atoms with Gasteiger partial charge in [0.15, 0.2) is 0 Å². The van der Waals surface area contributed by atoms with E-state index in [-0.39, 0.29) is 0 Å². The molecular formula is C13H16O. The average Bonchev–Trinajstić information content (AvgIpc) is 2.06. The minimum Gasteiger partial charge on any atom is -0.390 e. The minimum atomic E-state index is -0.641. The fourth-order valence-corrected chi connectivity index (χ4v) is 1.35. The van der Waals surface area contributed by atoms with Crippen LogP contribution in [0.2, 0.25) is 0 Å². The molecule has 0 saturated carbocycles. The molecule has 0 saturated heterocycles. The van der Waals surface area contributed by atoms with Gasteiger partial charge in [-0.2, -0.15) is 0 Å². The van der Waals surface area contributed by atoms with E-state index < -0.39 is 5.60 Å². The molecule has 0 amide bonds. The summed E-state index contributed by atoms with van der Waals surface area (Å²) in [6.45, 7) is 5.45. The average molecular weight is 188 g/mol. The SMILES string of the molecule is CC#Cc1ccc(CC(C)(C)O)cc1. The highest BCUT2D eigenvalue weighted by molar-refractivity contribution is 5.36. The van der Waals surface area contributed by atoms with Crippen molar-refractivity contribution in [2.24, 2.45) is 0 Å². The molecule has 1 heteroatoms. The quantitative estimate of drug-likeness (QED) is 0.706. The van der Waals surface area contributed by atoms with Crippen LogP contribution in [-0.2, 0) is 6.42 Å². The third kappa shape index (κ3) is 3.64. The fourth-order valence-electron chi connectivity index (χ4n) is 1.35. The van der Waals surface area contributed by atoms with Gasteiger partial charge in [-0.3, -0.25) is 0 Å². The van der Waals surface area contributed by atoms with Crippen molar-refractivity contribution in [1.82, 2.24) is 0 Å². The highest BCUT2D eigenvalue weighted by Gasteiger charge is 2.12. The van der Waals surface area contributed by atoms with Gasteiger partial charge in [-0.05, 0) is 38.5 Å². The van der Waals surface area contributed by atoms with Gasteiger partial charge in [0.05, 0.1) is 5.60 Å². The van der Waals surface area contributed by atoms with E-state index in [0.29, 0.717) is 6.42 Å². The van der Waals surface area contributed by atoms with Gasteiger partial charge < -0.3 is 5.11 Å². The Kier molecular flexibility index (Phi) is 3.33. The van der Waals surface area contributed by atoms with E-state index in [1.807, 2.05) is 45.0 Å². The molecule has 0 unspecified atom stereocenters. The fraction of sp³-hybridized carbons (Fsp3) is 0.385. The molecule has 0 fully saturated rings. The van der Waals surface area contributed by atoms with Crippen LogP contribution in [0, 0.1) is 11.8 Å². The molecule has 0 spiro atoms. The Balaban J connectivity index is 2.77. The van der Waals surface area contributed by atoms with Gasteiger partial charge in [0, 0.05) is 12.0 Å². The van der Waals surface area contributed by atoms with Gasteiger partial charge in [-0.1, -0.05) is 18.1 Å². The second-order valence-electron chi connectivity index (χ2n) is 4.06. The summed E-state index contributed by atoms with van der Waals surface area (Å²) < 4.78 is 0. The first-order valence-electron chi connectivity index (χ1n) is 4.75. The maximum Gasteiger partial charge on any atom is 0.0631 e.